The molecule has 3 rings (SSSR count). The van der Waals surface area contributed by atoms with Crippen molar-refractivity contribution in [2.24, 2.45) is 5.92 Å². The summed E-state index contributed by atoms with van der Waals surface area (Å²) in [4.78, 5) is 0. The molecule has 1 saturated carbocycles. The van der Waals surface area contributed by atoms with Crippen LogP contribution in [0.5, 0.6) is 0 Å². The third-order valence-corrected chi connectivity index (χ3v) is 4.96. The molecule has 1 aromatic rings. The zero-order valence-electron chi connectivity index (χ0n) is 11.6. The van der Waals surface area contributed by atoms with Crippen LogP contribution in [0.3, 0.4) is 0 Å². The molecule has 104 valence electrons. The van der Waals surface area contributed by atoms with Gasteiger partial charge in [-0.3, -0.25) is 0 Å². The zero-order valence-corrected chi connectivity index (χ0v) is 12.3. The van der Waals surface area contributed by atoms with Gasteiger partial charge in [0.1, 0.15) is 0 Å². The Labute approximate surface area is 120 Å². The van der Waals surface area contributed by atoms with Gasteiger partial charge in [-0.15, -0.1) is 0 Å². The second-order valence-electron chi connectivity index (χ2n) is 6.03. The maximum absolute atomic E-state index is 6.34. The highest BCUT2D eigenvalue weighted by Gasteiger charge is 2.35. The fraction of sp³-hybridized carbons (Fsp3) is 0.625. The van der Waals surface area contributed by atoms with E-state index in [0.717, 1.165) is 16.6 Å². The minimum Gasteiger partial charge on any atom is -0.381 e. The lowest BCUT2D eigenvalue weighted by atomic mass is 9.93. The Morgan fingerprint density at radius 1 is 1.21 bits per heavy atom. The summed E-state index contributed by atoms with van der Waals surface area (Å²) in [6, 6.07) is 7.59. The highest BCUT2D eigenvalue weighted by Crippen LogP contribution is 2.35. The van der Waals surface area contributed by atoms with Crippen molar-refractivity contribution in [3.8, 4) is 0 Å². The van der Waals surface area contributed by atoms with Crippen LogP contribution in [0.15, 0.2) is 18.2 Å². The molecule has 2 N–H and O–H groups in total. The average molecular weight is 279 g/mol. The minimum atomic E-state index is 0.579. The van der Waals surface area contributed by atoms with Crippen molar-refractivity contribution in [1.82, 2.24) is 5.32 Å². The van der Waals surface area contributed by atoms with E-state index in [1.807, 2.05) is 6.07 Å². The number of halogens is 1. The fourth-order valence-corrected chi connectivity index (χ4v) is 3.95. The maximum atomic E-state index is 6.34. The molecule has 3 atom stereocenters. The second-order valence-corrected chi connectivity index (χ2v) is 6.44. The summed E-state index contributed by atoms with van der Waals surface area (Å²) >= 11 is 6.34. The lowest BCUT2D eigenvalue weighted by Gasteiger charge is -2.27. The third-order valence-electron chi connectivity index (χ3n) is 4.65. The van der Waals surface area contributed by atoms with Crippen LogP contribution in [0.25, 0.3) is 0 Å². The molecule has 0 amide bonds. The van der Waals surface area contributed by atoms with Crippen LogP contribution < -0.4 is 10.6 Å². The number of hydrogen-bond donors (Lipinski definition) is 2. The lowest BCUT2D eigenvalue weighted by Crippen LogP contribution is -2.38. The van der Waals surface area contributed by atoms with E-state index >= 15 is 0 Å². The van der Waals surface area contributed by atoms with Crippen molar-refractivity contribution in [2.45, 2.75) is 51.1 Å². The van der Waals surface area contributed by atoms with E-state index in [9.17, 15) is 0 Å². The Bertz CT molecular complexity index is 440. The SMILES string of the molecule is Cc1ccc(NC2CCCC2C2CCCN2)c(Cl)c1. The third kappa shape index (κ3) is 2.90. The Kier molecular flexibility index (Phi) is 3.99. The van der Waals surface area contributed by atoms with Crippen molar-refractivity contribution in [2.75, 3.05) is 11.9 Å². The summed E-state index contributed by atoms with van der Waals surface area (Å²) in [5.41, 5.74) is 2.32. The Balaban J connectivity index is 1.70. The van der Waals surface area contributed by atoms with Gasteiger partial charge in [0.25, 0.3) is 0 Å². The molecule has 1 aromatic carbocycles. The monoisotopic (exact) mass is 278 g/mol. The van der Waals surface area contributed by atoms with Crippen LogP contribution in [0, 0.1) is 12.8 Å². The first-order chi connectivity index (χ1) is 9.24. The molecule has 1 heterocycles. The number of hydrogen-bond acceptors (Lipinski definition) is 2. The number of rotatable bonds is 3. The Morgan fingerprint density at radius 2 is 2.11 bits per heavy atom. The molecule has 19 heavy (non-hydrogen) atoms. The number of anilines is 1. The average Bonchev–Trinajstić information content (AvgIpc) is 3.03. The fourth-order valence-electron chi connectivity index (χ4n) is 3.66. The van der Waals surface area contributed by atoms with Crippen molar-refractivity contribution in [3.63, 3.8) is 0 Å². The summed E-state index contributed by atoms with van der Waals surface area (Å²) in [6.45, 7) is 3.27. The van der Waals surface area contributed by atoms with Crippen molar-refractivity contribution in [3.05, 3.63) is 28.8 Å². The van der Waals surface area contributed by atoms with E-state index in [1.54, 1.807) is 0 Å². The lowest BCUT2D eigenvalue weighted by molar-refractivity contribution is 0.376. The molecule has 0 bridgehead atoms. The summed E-state index contributed by atoms with van der Waals surface area (Å²) in [5.74, 6) is 0.764. The van der Waals surface area contributed by atoms with Crippen molar-refractivity contribution < 1.29 is 0 Å². The molecule has 3 heteroatoms. The molecule has 2 aliphatic rings. The minimum absolute atomic E-state index is 0.579. The van der Waals surface area contributed by atoms with E-state index in [4.69, 9.17) is 11.6 Å². The molecular weight excluding hydrogens is 256 g/mol. The van der Waals surface area contributed by atoms with Gasteiger partial charge in [0.15, 0.2) is 0 Å². The van der Waals surface area contributed by atoms with Crippen LogP contribution in [0.4, 0.5) is 5.69 Å². The summed E-state index contributed by atoms with van der Waals surface area (Å²) in [7, 11) is 0. The van der Waals surface area contributed by atoms with E-state index in [1.165, 1.54) is 44.2 Å². The maximum Gasteiger partial charge on any atom is 0.0640 e. The van der Waals surface area contributed by atoms with Gasteiger partial charge < -0.3 is 10.6 Å². The van der Waals surface area contributed by atoms with E-state index in [0.29, 0.717) is 12.1 Å². The van der Waals surface area contributed by atoms with Crippen molar-refractivity contribution >= 4 is 17.3 Å². The normalized spacial score (nSPS) is 30.7. The van der Waals surface area contributed by atoms with Gasteiger partial charge in [-0.2, -0.15) is 0 Å². The predicted molar refractivity (Wildman–Crippen MR) is 82.0 cm³/mol. The van der Waals surface area contributed by atoms with Crippen LogP contribution >= 0.6 is 11.6 Å². The Morgan fingerprint density at radius 3 is 2.84 bits per heavy atom. The molecular formula is C16H23ClN2. The Hall–Kier alpha value is -0.730. The highest BCUT2D eigenvalue weighted by atomic mass is 35.5. The summed E-state index contributed by atoms with van der Waals surface area (Å²) < 4.78 is 0. The standard InChI is InChI=1S/C16H23ClN2/c1-11-7-8-16(13(17)10-11)19-15-5-2-4-12(15)14-6-3-9-18-14/h7-8,10,12,14-15,18-19H,2-6,9H2,1H3. The van der Waals surface area contributed by atoms with Crippen LogP contribution in [0.2, 0.25) is 5.02 Å². The predicted octanol–water partition coefficient (Wildman–Crippen LogP) is 3.98. The molecule has 0 spiro atoms. The molecule has 0 aromatic heterocycles. The van der Waals surface area contributed by atoms with Gasteiger partial charge in [0.05, 0.1) is 10.7 Å². The topological polar surface area (TPSA) is 24.1 Å². The first kappa shape index (κ1) is 13.3. The summed E-state index contributed by atoms with van der Waals surface area (Å²) in [6.07, 6.45) is 6.62. The molecule has 2 fully saturated rings. The largest absolute Gasteiger partial charge is 0.381 e. The van der Waals surface area contributed by atoms with E-state index < -0.39 is 0 Å². The van der Waals surface area contributed by atoms with Gasteiger partial charge in [0.2, 0.25) is 0 Å². The zero-order chi connectivity index (χ0) is 13.2. The number of aryl methyl sites for hydroxylation is 1. The quantitative estimate of drug-likeness (QED) is 0.874. The second kappa shape index (κ2) is 5.72. The summed E-state index contributed by atoms with van der Waals surface area (Å²) in [5, 5.41) is 8.21. The van der Waals surface area contributed by atoms with E-state index in [2.05, 4.69) is 29.7 Å². The molecule has 1 saturated heterocycles. The molecule has 1 aliphatic heterocycles. The van der Waals surface area contributed by atoms with Gasteiger partial charge in [0, 0.05) is 12.1 Å². The van der Waals surface area contributed by atoms with E-state index in [-0.39, 0.29) is 0 Å². The van der Waals surface area contributed by atoms with Gasteiger partial charge in [-0.25, -0.2) is 0 Å². The van der Waals surface area contributed by atoms with Crippen LogP contribution in [-0.4, -0.2) is 18.6 Å². The number of benzene rings is 1. The van der Waals surface area contributed by atoms with Gasteiger partial charge in [-0.05, 0) is 62.8 Å². The highest BCUT2D eigenvalue weighted by molar-refractivity contribution is 6.33. The molecule has 3 unspecified atom stereocenters. The molecule has 2 nitrogen and oxygen atoms in total. The first-order valence-corrected chi connectivity index (χ1v) is 7.88. The van der Waals surface area contributed by atoms with Crippen molar-refractivity contribution in [1.29, 1.82) is 0 Å². The van der Waals surface area contributed by atoms with Crippen LogP contribution in [-0.2, 0) is 0 Å². The van der Waals surface area contributed by atoms with Gasteiger partial charge >= 0.3 is 0 Å². The van der Waals surface area contributed by atoms with Gasteiger partial charge in [-0.1, -0.05) is 24.1 Å². The number of nitrogens with one attached hydrogen (secondary N) is 2. The first-order valence-electron chi connectivity index (χ1n) is 7.50. The smallest absolute Gasteiger partial charge is 0.0640 e. The van der Waals surface area contributed by atoms with Crippen LogP contribution in [0.1, 0.15) is 37.7 Å². The molecule has 0 radical (unpaired) electrons. The molecule has 1 aliphatic carbocycles.